The number of halogens is 1. The van der Waals surface area contributed by atoms with Gasteiger partial charge in [0.1, 0.15) is 5.82 Å². The van der Waals surface area contributed by atoms with Crippen LogP contribution in [0.1, 0.15) is 52.0 Å². The summed E-state index contributed by atoms with van der Waals surface area (Å²) in [6, 6.07) is 12.7. The Hall–Kier alpha value is -3.52. The molecular formula is C26H25BrN4O3. The topological polar surface area (TPSA) is 89.5 Å². The van der Waals surface area contributed by atoms with Gasteiger partial charge in [0, 0.05) is 33.5 Å². The largest absolute Gasteiger partial charge is 0.478 e. The highest BCUT2D eigenvalue weighted by atomic mass is 79.9. The zero-order chi connectivity index (χ0) is 24.6. The molecule has 2 aromatic carbocycles. The molecule has 8 heteroatoms. The van der Waals surface area contributed by atoms with E-state index in [0.717, 1.165) is 33.5 Å². The maximum atomic E-state index is 13.2. The number of hydrogen-bond acceptors (Lipinski definition) is 4. The first-order valence-electron chi connectivity index (χ1n) is 11.0. The normalized spacial score (nSPS) is 11.6. The minimum absolute atomic E-state index is 0.218. The van der Waals surface area contributed by atoms with Gasteiger partial charge in [-0.05, 0) is 69.2 Å². The van der Waals surface area contributed by atoms with Crippen molar-refractivity contribution in [2.24, 2.45) is 5.10 Å². The Morgan fingerprint density at radius 1 is 1.18 bits per heavy atom. The van der Waals surface area contributed by atoms with Crippen LogP contribution in [0.5, 0.6) is 0 Å². The minimum atomic E-state index is -0.957. The molecule has 0 radical (unpaired) electrons. The number of aryl methyl sites for hydroxylation is 2. The summed E-state index contributed by atoms with van der Waals surface area (Å²) in [5, 5.41) is 14.6. The quantitative estimate of drug-likeness (QED) is 0.344. The van der Waals surface area contributed by atoms with Gasteiger partial charge < -0.3 is 9.67 Å². The van der Waals surface area contributed by atoms with Crippen molar-refractivity contribution < 1.29 is 9.90 Å². The highest BCUT2D eigenvalue weighted by Gasteiger charge is 2.16. The Balaban J connectivity index is 1.83. The molecular weight excluding hydrogens is 496 g/mol. The fourth-order valence-electron chi connectivity index (χ4n) is 4.21. The third kappa shape index (κ3) is 4.21. The lowest BCUT2D eigenvalue weighted by Crippen LogP contribution is -2.22. The average molecular weight is 521 g/mol. The second-order valence-corrected chi connectivity index (χ2v) is 9.13. The summed E-state index contributed by atoms with van der Waals surface area (Å²) in [5.74, 6) is -0.348. The zero-order valence-electron chi connectivity index (χ0n) is 19.5. The first kappa shape index (κ1) is 23.6. The van der Waals surface area contributed by atoms with Crippen LogP contribution in [-0.4, -0.2) is 31.5 Å². The number of nitrogens with zero attached hydrogens (tertiary/aromatic N) is 4. The molecule has 0 amide bonds. The number of carbonyl (C=O) groups is 1. The van der Waals surface area contributed by atoms with Crippen LogP contribution >= 0.6 is 15.9 Å². The molecule has 1 N–H and O–H groups in total. The molecule has 0 aliphatic carbocycles. The number of carboxylic acids is 1. The van der Waals surface area contributed by atoms with Gasteiger partial charge in [0.05, 0.1) is 22.7 Å². The first-order chi connectivity index (χ1) is 16.2. The minimum Gasteiger partial charge on any atom is -0.478 e. The van der Waals surface area contributed by atoms with Crippen molar-refractivity contribution in [1.29, 1.82) is 0 Å². The molecule has 0 bridgehead atoms. The molecule has 2 heterocycles. The van der Waals surface area contributed by atoms with Crippen molar-refractivity contribution in [1.82, 2.24) is 14.2 Å². The van der Waals surface area contributed by atoms with Crippen LogP contribution in [0, 0.1) is 20.8 Å². The number of hydrogen-bond donors (Lipinski definition) is 1. The van der Waals surface area contributed by atoms with Gasteiger partial charge in [-0.25, -0.2) is 9.78 Å². The third-order valence-electron chi connectivity index (χ3n) is 5.91. The van der Waals surface area contributed by atoms with Crippen LogP contribution < -0.4 is 5.56 Å². The molecule has 0 aliphatic rings. The van der Waals surface area contributed by atoms with E-state index in [-0.39, 0.29) is 11.1 Å². The zero-order valence-corrected chi connectivity index (χ0v) is 21.0. The summed E-state index contributed by atoms with van der Waals surface area (Å²) in [5.41, 5.74) is 4.85. The Kier molecular flexibility index (Phi) is 6.52. The highest BCUT2D eigenvalue weighted by Crippen LogP contribution is 2.25. The summed E-state index contributed by atoms with van der Waals surface area (Å²) in [6.45, 7) is 7.75. The number of rotatable bonds is 6. The van der Waals surface area contributed by atoms with Crippen LogP contribution in [-0.2, 0) is 6.42 Å². The fourth-order valence-corrected chi connectivity index (χ4v) is 4.57. The van der Waals surface area contributed by atoms with Gasteiger partial charge >= 0.3 is 5.97 Å². The van der Waals surface area contributed by atoms with Crippen LogP contribution in [0.2, 0.25) is 0 Å². The van der Waals surface area contributed by atoms with Crippen LogP contribution in [0.15, 0.2) is 56.8 Å². The smallest absolute Gasteiger partial charge is 0.336 e. The fraction of sp³-hybridized carbons (Fsp3) is 0.231. The summed E-state index contributed by atoms with van der Waals surface area (Å²) < 4.78 is 4.19. The van der Waals surface area contributed by atoms with Crippen molar-refractivity contribution in [3.8, 4) is 5.69 Å². The third-order valence-corrected chi connectivity index (χ3v) is 6.40. The lowest BCUT2D eigenvalue weighted by molar-refractivity contribution is 0.0696. The molecule has 0 spiro atoms. The number of carboxylic acid groups (broad SMARTS) is 1. The standard InChI is InChI=1S/C26H25BrN4O3/c1-5-7-24-29-22-11-10-19(27)13-21(22)25(32)31(24)28-14-18-12-15(2)30(17(18)4)23-9-6-8-20(16(23)3)26(33)34/h6,8-14H,5,7H2,1-4H3,(H,33,34). The number of benzene rings is 2. The monoisotopic (exact) mass is 520 g/mol. The van der Waals surface area contributed by atoms with Crippen molar-refractivity contribution in [3.05, 3.63) is 91.2 Å². The van der Waals surface area contributed by atoms with Crippen molar-refractivity contribution in [2.75, 3.05) is 0 Å². The van der Waals surface area contributed by atoms with Crippen molar-refractivity contribution in [2.45, 2.75) is 40.5 Å². The lowest BCUT2D eigenvalue weighted by atomic mass is 10.1. The predicted molar refractivity (Wildman–Crippen MR) is 138 cm³/mol. The Morgan fingerprint density at radius 2 is 1.94 bits per heavy atom. The van der Waals surface area contributed by atoms with E-state index in [9.17, 15) is 14.7 Å². The first-order valence-corrected chi connectivity index (χ1v) is 11.8. The summed E-state index contributed by atoms with van der Waals surface area (Å²) in [7, 11) is 0. The second-order valence-electron chi connectivity index (χ2n) is 8.22. The molecule has 174 valence electrons. The average Bonchev–Trinajstić information content (AvgIpc) is 3.07. The molecule has 7 nitrogen and oxygen atoms in total. The van der Waals surface area contributed by atoms with E-state index in [4.69, 9.17) is 0 Å². The van der Waals surface area contributed by atoms with E-state index in [1.165, 1.54) is 4.68 Å². The van der Waals surface area contributed by atoms with Gasteiger partial charge in [-0.3, -0.25) is 4.79 Å². The molecule has 34 heavy (non-hydrogen) atoms. The molecule has 2 aromatic heterocycles. The Morgan fingerprint density at radius 3 is 2.65 bits per heavy atom. The number of aromatic nitrogens is 3. The molecule has 0 saturated heterocycles. The summed E-state index contributed by atoms with van der Waals surface area (Å²) >= 11 is 3.42. The van der Waals surface area contributed by atoms with E-state index in [0.29, 0.717) is 28.7 Å². The van der Waals surface area contributed by atoms with Gasteiger partial charge in [0.15, 0.2) is 0 Å². The van der Waals surface area contributed by atoms with Gasteiger partial charge in [-0.1, -0.05) is 28.9 Å². The number of aromatic carboxylic acids is 1. The van der Waals surface area contributed by atoms with Gasteiger partial charge in [-0.15, -0.1) is 0 Å². The Labute approximate surface area is 205 Å². The highest BCUT2D eigenvalue weighted by molar-refractivity contribution is 9.10. The molecule has 0 atom stereocenters. The van der Waals surface area contributed by atoms with E-state index >= 15 is 0 Å². The molecule has 4 rings (SSSR count). The predicted octanol–water partition coefficient (Wildman–Crippen LogP) is 5.41. The molecule has 4 aromatic rings. The summed E-state index contributed by atoms with van der Waals surface area (Å²) in [4.78, 5) is 29.5. The van der Waals surface area contributed by atoms with E-state index < -0.39 is 5.97 Å². The van der Waals surface area contributed by atoms with E-state index in [2.05, 4.69) is 26.0 Å². The molecule has 0 saturated carbocycles. The van der Waals surface area contributed by atoms with E-state index in [1.807, 2.05) is 49.6 Å². The molecule has 0 aliphatic heterocycles. The maximum absolute atomic E-state index is 13.2. The maximum Gasteiger partial charge on any atom is 0.336 e. The van der Waals surface area contributed by atoms with Crippen LogP contribution in [0.4, 0.5) is 0 Å². The second kappa shape index (κ2) is 9.38. The van der Waals surface area contributed by atoms with E-state index in [1.54, 1.807) is 31.3 Å². The van der Waals surface area contributed by atoms with Gasteiger partial charge in [-0.2, -0.15) is 9.78 Å². The van der Waals surface area contributed by atoms with Crippen LogP contribution in [0.3, 0.4) is 0 Å². The van der Waals surface area contributed by atoms with Gasteiger partial charge in [0.2, 0.25) is 0 Å². The van der Waals surface area contributed by atoms with Crippen molar-refractivity contribution in [3.63, 3.8) is 0 Å². The Bertz CT molecular complexity index is 1510. The number of fused-ring (bicyclic) bond motifs is 1. The summed E-state index contributed by atoms with van der Waals surface area (Å²) in [6.07, 6.45) is 3.12. The lowest BCUT2D eigenvalue weighted by Gasteiger charge is -2.14. The molecule has 0 fully saturated rings. The van der Waals surface area contributed by atoms with Crippen LogP contribution in [0.25, 0.3) is 16.6 Å². The van der Waals surface area contributed by atoms with Gasteiger partial charge in [0.25, 0.3) is 5.56 Å². The van der Waals surface area contributed by atoms with Crippen molar-refractivity contribution >= 4 is 39.0 Å². The SMILES string of the molecule is CCCc1nc2ccc(Br)cc2c(=O)n1N=Cc1cc(C)n(-c2cccc(C(=O)O)c2C)c1C. The molecule has 0 unspecified atom stereocenters.